The van der Waals surface area contributed by atoms with Gasteiger partial charge in [0.2, 0.25) is 5.91 Å². The van der Waals surface area contributed by atoms with E-state index in [1.165, 1.54) is 11.1 Å². The van der Waals surface area contributed by atoms with E-state index in [2.05, 4.69) is 41.4 Å². The van der Waals surface area contributed by atoms with Gasteiger partial charge in [0.05, 0.1) is 0 Å². The molecule has 2 atom stereocenters. The fourth-order valence-electron chi connectivity index (χ4n) is 3.68. The summed E-state index contributed by atoms with van der Waals surface area (Å²) in [7, 11) is 0. The Morgan fingerprint density at radius 1 is 1.07 bits per heavy atom. The second-order valence-corrected chi connectivity index (χ2v) is 7.08. The van der Waals surface area contributed by atoms with Crippen LogP contribution in [0.5, 0.6) is 0 Å². The fraction of sp³-hybridized carbons (Fsp3) is 0.409. The Bertz CT molecular complexity index is 727. The Morgan fingerprint density at radius 2 is 1.71 bits per heavy atom. The number of fused-ring (bicyclic) bond motifs is 1. The summed E-state index contributed by atoms with van der Waals surface area (Å²) in [6.07, 6.45) is 2.43. The summed E-state index contributed by atoms with van der Waals surface area (Å²) in [6, 6.07) is 18.6. The van der Waals surface area contributed by atoms with Gasteiger partial charge in [-0.3, -0.25) is 9.69 Å². The number of nitrogens with zero attached hydrogens (tertiary/aromatic N) is 1. The van der Waals surface area contributed by atoms with Gasteiger partial charge < -0.3 is 11.1 Å². The van der Waals surface area contributed by atoms with Gasteiger partial charge in [-0.15, -0.1) is 24.8 Å². The van der Waals surface area contributed by atoms with Crippen molar-refractivity contribution in [3.05, 3.63) is 71.3 Å². The topological polar surface area (TPSA) is 58.4 Å². The van der Waals surface area contributed by atoms with E-state index < -0.39 is 0 Å². The maximum Gasteiger partial charge on any atom is 0.221 e. The first-order valence-electron chi connectivity index (χ1n) is 9.55. The zero-order valence-corrected chi connectivity index (χ0v) is 18.0. The lowest BCUT2D eigenvalue weighted by atomic mass is 9.98. The average molecular weight is 424 g/mol. The standard InChI is InChI=1S/C22H29N3O.2ClH/c1-2-20(25-13-12-17-8-6-7-11-19(17)16-25)15-24-22(26)14-21(23)18-9-4-3-5-10-18;;/h3-11,20-21H,2,12-16,23H2,1H3,(H,24,26);2*1H. The molecule has 0 saturated carbocycles. The molecule has 2 unspecified atom stereocenters. The summed E-state index contributed by atoms with van der Waals surface area (Å²) >= 11 is 0. The van der Waals surface area contributed by atoms with Crippen molar-refractivity contribution in [1.29, 1.82) is 0 Å². The SMILES string of the molecule is CCC(CNC(=O)CC(N)c1ccccc1)N1CCc2ccccc2C1.Cl.Cl. The first kappa shape index (κ1) is 24.4. The highest BCUT2D eigenvalue weighted by molar-refractivity contribution is 5.85. The summed E-state index contributed by atoms with van der Waals surface area (Å²) in [5.74, 6) is 0.0252. The lowest BCUT2D eigenvalue weighted by molar-refractivity contribution is -0.121. The van der Waals surface area contributed by atoms with Crippen molar-refractivity contribution in [3.63, 3.8) is 0 Å². The molecular formula is C22H31Cl2N3O. The number of hydrogen-bond donors (Lipinski definition) is 2. The van der Waals surface area contributed by atoms with Gasteiger partial charge >= 0.3 is 0 Å². The van der Waals surface area contributed by atoms with Crippen molar-refractivity contribution in [1.82, 2.24) is 10.2 Å². The van der Waals surface area contributed by atoms with Crippen LogP contribution in [0.15, 0.2) is 54.6 Å². The van der Waals surface area contributed by atoms with Crippen molar-refractivity contribution >= 4 is 30.7 Å². The molecule has 0 radical (unpaired) electrons. The number of carbonyl (C=O) groups is 1. The number of nitrogens with two attached hydrogens (primary N) is 1. The van der Waals surface area contributed by atoms with E-state index in [-0.39, 0.29) is 36.8 Å². The van der Waals surface area contributed by atoms with Crippen LogP contribution in [-0.2, 0) is 17.8 Å². The van der Waals surface area contributed by atoms with Gasteiger partial charge in [0.25, 0.3) is 0 Å². The highest BCUT2D eigenvalue weighted by Crippen LogP contribution is 2.21. The minimum Gasteiger partial charge on any atom is -0.354 e. The Kier molecular flexibility index (Phi) is 10.5. The molecule has 0 bridgehead atoms. The quantitative estimate of drug-likeness (QED) is 0.710. The van der Waals surface area contributed by atoms with Gasteiger partial charge in [0.15, 0.2) is 0 Å². The zero-order chi connectivity index (χ0) is 18.4. The third-order valence-corrected chi connectivity index (χ3v) is 5.32. The normalized spacial score (nSPS) is 15.4. The smallest absolute Gasteiger partial charge is 0.221 e. The molecule has 0 fully saturated rings. The maximum atomic E-state index is 12.3. The number of hydrogen-bond acceptors (Lipinski definition) is 3. The number of amides is 1. The molecule has 2 aromatic carbocycles. The highest BCUT2D eigenvalue weighted by atomic mass is 35.5. The van der Waals surface area contributed by atoms with Crippen molar-refractivity contribution in [2.24, 2.45) is 5.73 Å². The van der Waals surface area contributed by atoms with Crippen LogP contribution in [0.4, 0.5) is 0 Å². The molecule has 3 rings (SSSR count). The van der Waals surface area contributed by atoms with Gasteiger partial charge in [-0.05, 0) is 29.5 Å². The van der Waals surface area contributed by atoms with Crippen LogP contribution in [0, 0.1) is 0 Å². The van der Waals surface area contributed by atoms with Crippen LogP contribution in [0.1, 0.15) is 42.5 Å². The van der Waals surface area contributed by atoms with Crippen molar-refractivity contribution in [2.75, 3.05) is 13.1 Å². The van der Waals surface area contributed by atoms with Crippen LogP contribution in [0.3, 0.4) is 0 Å². The van der Waals surface area contributed by atoms with E-state index in [9.17, 15) is 4.79 Å². The number of nitrogens with one attached hydrogen (secondary N) is 1. The van der Waals surface area contributed by atoms with E-state index >= 15 is 0 Å². The van der Waals surface area contributed by atoms with E-state index in [0.717, 1.165) is 31.5 Å². The van der Waals surface area contributed by atoms with Gasteiger partial charge in [-0.25, -0.2) is 0 Å². The molecule has 2 aromatic rings. The molecule has 1 aliphatic rings. The molecule has 0 aromatic heterocycles. The molecule has 0 spiro atoms. The third kappa shape index (κ3) is 6.49. The van der Waals surface area contributed by atoms with Crippen molar-refractivity contribution in [2.45, 2.75) is 44.8 Å². The highest BCUT2D eigenvalue weighted by Gasteiger charge is 2.23. The predicted molar refractivity (Wildman–Crippen MR) is 120 cm³/mol. The Morgan fingerprint density at radius 3 is 2.39 bits per heavy atom. The van der Waals surface area contributed by atoms with E-state index in [4.69, 9.17) is 5.73 Å². The van der Waals surface area contributed by atoms with E-state index in [0.29, 0.717) is 19.0 Å². The zero-order valence-electron chi connectivity index (χ0n) is 16.3. The monoisotopic (exact) mass is 423 g/mol. The molecular weight excluding hydrogens is 393 g/mol. The molecule has 4 nitrogen and oxygen atoms in total. The minimum absolute atomic E-state index is 0. The second kappa shape index (κ2) is 12.1. The number of rotatable bonds is 7. The molecule has 0 aliphatic carbocycles. The molecule has 28 heavy (non-hydrogen) atoms. The van der Waals surface area contributed by atoms with E-state index in [1.54, 1.807) is 0 Å². The van der Waals surface area contributed by atoms with E-state index in [1.807, 2.05) is 30.3 Å². The molecule has 1 amide bonds. The van der Waals surface area contributed by atoms with Crippen LogP contribution >= 0.6 is 24.8 Å². The first-order valence-corrected chi connectivity index (χ1v) is 9.55. The van der Waals surface area contributed by atoms with Gasteiger partial charge in [0.1, 0.15) is 0 Å². The number of benzene rings is 2. The van der Waals surface area contributed by atoms with Crippen molar-refractivity contribution < 1.29 is 4.79 Å². The summed E-state index contributed by atoms with van der Waals surface area (Å²) in [5, 5.41) is 3.10. The van der Waals surface area contributed by atoms with Gasteiger partial charge in [-0.2, -0.15) is 0 Å². The Balaban J connectivity index is 0.00000196. The Hall–Kier alpha value is -1.59. The largest absolute Gasteiger partial charge is 0.354 e. The Labute approximate surface area is 180 Å². The van der Waals surface area contributed by atoms with Crippen LogP contribution < -0.4 is 11.1 Å². The molecule has 0 saturated heterocycles. The number of halogens is 2. The molecule has 3 N–H and O–H groups in total. The van der Waals surface area contributed by atoms with Crippen LogP contribution in [-0.4, -0.2) is 29.9 Å². The lowest BCUT2D eigenvalue weighted by Gasteiger charge is -2.35. The van der Waals surface area contributed by atoms with Crippen molar-refractivity contribution in [3.8, 4) is 0 Å². The summed E-state index contributed by atoms with van der Waals surface area (Å²) in [6.45, 7) is 4.88. The lowest BCUT2D eigenvalue weighted by Crippen LogP contribution is -2.46. The van der Waals surface area contributed by atoms with Gasteiger partial charge in [-0.1, -0.05) is 61.5 Å². The third-order valence-electron chi connectivity index (χ3n) is 5.32. The average Bonchev–Trinajstić information content (AvgIpc) is 2.69. The van der Waals surface area contributed by atoms with Crippen LogP contribution in [0.25, 0.3) is 0 Å². The summed E-state index contributed by atoms with van der Waals surface area (Å²) in [4.78, 5) is 14.8. The second-order valence-electron chi connectivity index (χ2n) is 7.08. The maximum absolute atomic E-state index is 12.3. The number of carbonyl (C=O) groups excluding carboxylic acids is 1. The summed E-state index contributed by atoms with van der Waals surface area (Å²) in [5.41, 5.74) is 10.0. The first-order chi connectivity index (χ1) is 12.7. The van der Waals surface area contributed by atoms with Gasteiger partial charge in [0, 0.05) is 38.1 Å². The molecule has 154 valence electrons. The molecule has 6 heteroatoms. The molecule has 1 aliphatic heterocycles. The fourth-order valence-corrected chi connectivity index (χ4v) is 3.68. The predicted octanol–water partition coefficient (Wildman–Crippen LogP) is 3.87. The van der Waals surface area contributed by atoms with Crippen LogP contribution in [0.2, 0.25) is 0 Å². The minimum atomic E-state index is -0.252. The summed E-state index contributed by atoms with van der Waals surface area (Å²) < 4.78 is 0. The molecule has 1 heterocycles.